The van der Waals surface area contributed by atoms with Crippen LogP contribution in [-0.2, 0) is 38.1 Å². The fourth-order valence-electron chi connectivity index (χ4n) is 11.1. The van der Waals surface area contributed by atoms with Gasteiger partial charge < -0.3 is 69.9 Å². The van der Waals surface area contributed by atoms with Crippen LogP contribution in [-0.4, -0.2) is 150 Å². The monoisotopic (exact) mass is 877 g/mol. The second-order valence-electron chi connectivity index (χ2n) is 19.5. The van der Waals surface area contributed by atoms with Crippen molar-refractivity contribution in [3.8, 4) is 0 Å². The second kappa shape index (κ2) is 17.1. The molecule has 1 amide bonds. The Kier molecular flexibility index (Phi) is 13.2. The van der Waals surface area contributed by atoms with Crippen LogP contribution >= 0.6 is 0 Å². The fourth-order valence-corrected chi connectivity index (χ4v) is 11.1. The first-order valence-electron chi connectivity index (χ1n) is 21.2. The molecule has 1 heterocycles. The molecule has 0 spiro atoms. The number of fused-ring (bicyclic) bond motifs is 5. The zero-order valence-electron chi connectivity index (χ0n) is 36.4. The Morgan fingerprint density at radius 3 is 2.21 bits per heavy atom. The molecule has 9 N–H and O–H groups in total. The van der Waals surface area contributed by atoms with Gasteiger partial charge in [-0.2, -0.15) is 0 Å². The summed E-state index contributed by atoms with van der Waals surface area (Å²) in [4.78, 5) is 55.5. The number of benzene rings is 1. The molecule has 0 radical (unpaired) electrons. The number of esters is 2. The van der Waals surface area contributed by atoms with Crippen LogP contribution in [0, 0.1) is 28.6 Å². The molecule has 13 unspecified atom stereocenters. The van der Waals surface area contributed by atoms with Gasteiger partial charge in [-0.1, -0.05) is 51.1 Å². The summed E-state index contributed by atoms with van der Waals surface area (Å²) >= 11 is 0. The van der Waals surface area contributed by atoms with Crippen LogP contribution in [0.1, 0.15) is 92.7 Å². The Morgan fingerprint density at radius 1 is 0.984 bits per heavy atom. The van der Waals surface area contributed by atoms with E-state index in [1.54, 1.807) is 78.8 Å². The van der Waals surface area contributed by atoms with E-state index in [0.717, 1.165) is 0 Å². The highest BCUT2D eigenvalue weighted by atomic mass is 16.7. The predicted molar refractivity (Wildman–Crippen MR) is 214 cm³/mol. The molecular formula is C44H63NO17. The number of Topliss-reactive ketones (excluding diaryl/α,β-unsaturated/α-hetero) is 1. The lowest BCUT2D eigenvalue weighted by molar-refractivity contribution is -0.302. The highest BCUT2D eigenvalue weighted by molar-refractivity contribution is 5.93. The van der Waals surface area contributed by atoms with Gasteiger partial charge in [0, 0.05) is 17.8 Å². The van der Waals surface area contributed by atoms with Crippen molar-refractivity contribution in [2.45, 2.75) is 159 Å². The number of hydrogen-bond donors (Lipinski definition) is 9. The van der Waals surface area contributed by atoms with Crippen LogP contribution in [0.3, 0.4) is 0 Å². The maximum absolute atomic E-state index is 15.1. The normalized spacial score (nSPS) is 40.0. The molecule has 18 heteroatoms. The molecule has 62 heavy (non-hydrogen) atoms. The van der Waals surface area contributed by atoms with Gasteiger partial charge in [-0.3, -0.25) is 4.79 Å². The molecule has 5 aliphatic rings. The lowest BCUT2D eigenvalue weighted by atomic mass is 9.39. The zero-order chi connectivity index (χ0) is 46.1. The fraction of sp³-hybridized carbons (Fsp3) is 0.727. The molecule has 16 atom stereocenters. The number of alkyl carbamates (subject to hydrolysis) is 1. The topological polar surface area (TPSA) is 288 Å². The number of ketones is 1. The van der Waals surface area contributed by atoms with E-state index in [-0.39, 0.29) is 30.4 Å². The summed E-state index contributed by atoms with van der Waals surface area (Å²) < 4.78 is 28.1. The van der Waals surface area contributed by atoms with Crippen molar-refractivity contribution in [3.63, 3.8) is 0 Å². The molecule has 1 saturated heterocycles. The van der Waals surface area contributed by atoms with Crippen molar-refractivity contribution >= 4 is 23.8 Å². The average Bonchev–Trinajstić information content (AvgIpc) is 3.19. The Labute approximate surface area is 360 Å². The first-order valence-corrected chi connectivity index (χ1v) is 21.2. The number of rotatable bonds is 10. The van der Waals surface area contributed by atoms with Gasteiger partial charge in [0.2, 0.25) is 0 Å². The van der Waals surface area contributed by atoms with Crippen LogP contribution in [0.5, 0.6) is 0 Å². The van der Waals surface area contributed by atoms with Crippen LogP contribution in [0.25, 0.3) is 0 Å². The Hall–Kier alpha value is -3.56. The van der Waals surface area contributed by atoms with Gasteiger partial charge in [0.15, 0.2) is 18.2 Å². The summed E-state index contributed by atoms with van der Waals surface area (Å²) in [5, 5.41) is 92.2. The molecule has 1 aromatic carbocycles. The van der Waals surface area contributed by atoms with E-state index in [4.69, 9.17) is 23.7 Å². The van der Waals surface area contributed by atoms with E-state index < -0.39 is 144 Å². The van der Waals surface area contributed by atoms with Gasteiger partial charge in [-0.25, -0.2) is 14.4 Å². The summed E-state index contributed by atoms with van der Waals surface area (Å²) in [6.07, 6.45) is -15.2. The third-order valence-corrected chi connectivity index (χ3v) is 14.6. The number of carbonyl (C=O) groups excluding carboxylic acids is 4. The third-order valence-electron chi connectivity index (χ3n) is 14.6. The number of carbonyl (C=O) groups is 4. The van der Waals surface area contributed by atoms with Gasteiger partial charge in [-0.05, 0) is 82.4 Å². The van der Waals surface area contributed by atoms with Crippen molar-refractivity contribution in [3.05, 3.63) is 47.0 Å². The summed E-state index contributed by atoms with van der Waals surface area (Å²) in [7, 11) is 0. The largest absolute Gasteiger partial charge is 0.460 e. The molecule has 6 rings (SSSR count). The summed E-state index contributed by atoms with van der Waals surface area (Å²) in [6, 6.07) is 6.88. The van der Waals surface area contributed by atoms with E-state index in [2.05, 4.69) is 5.32 Å². The van der Waals surface area contributed by atoms with Crippen LogP contribution in [0.2, 0.25) is 0 Å². The minimum atomic E-state index is -1.99. The molecule has 0 aromatic heterocycles. The number of aliphatic hydroxyl groups is 8. The number of nitrogens with one attached hydrogen (secondary N) is 1. The van der Waals surface area contributed by atoms with Gasteiger partial charge in [-0.15, -0.1) is 0 Å². The second-order valence-corrected chi connectivity index (χ2v) is 19.5. The van der Waals surface area contributed by atoms with Crippen molar-refractivity contribution in [1.29, 1.82) is 0 Å². The lowest BCUT2D eigenvalue weighted by Crippen LogP contribution is -2.75. The molecule has 2 bridgehead atoms. The van der Waals surface area contributed by atoms with E-state index in [1.165, 1.54) is 6.92 Å². The molecule has 4 aliphatic carbocycles. The Bertz CT molecular complexity index is 1900. The molecule has 3 saturated carbocycles. The average molecular weight is 878 g/mol. The summed E-state index contributed by atoms with van der Waals surface area (Å²) in [6.45, 7) is 11.4. The Morgan fingerprint density at radius 2 is 1.63 bits per heavy atom. The number of aliphatic hydroxyl groups excluding tert-OH is 6. The smallest absolute Gasteiger partial charge is 0.408 e. The van der Waals surface area contributed by atoms with Crippen LogP contribution in [0.4, 0.5) is 4.79 Å². The van der Waals surface area contributed by atoms with Crippen molar-refractivity contribution in [1.82, 2.24) is 5.32 Å². The molecule has 1 aromatic rings. The highest BCUT2D eigenvalue weighted by Gasteiger charge is 2.74. The first-order chi connectivity index (χ1) is 28.7. The first kappa shape index (κ1) is 47.9. The molecular weight excluding hydrogens is 814 g/mol. The summed E-state index contributed by atoms with van der Waals surface area (Å²) in [5.74, 6) is -5.66. The van der Waals surface area contributed by atoms with E-state index >= 15 is 4.79 Å². The zero-order valence-corrected chi connectivity index (χ0v) is 36.4. The number of ether oxygens (including phenoxy) is 5. The highest BCUT2D eigenvalue weighted by Crippen LogP contribution is 2.67. The molecule has 4 fully saturated rings. The summed E-state index contributed by atoms with van der Waals surface area (Å²) in [5.41, 5.74) is -6.96. The lowest BCUT2D eigenvalue weighted by Gasteiger charge is -2.68. The number of hydrogen-bond acceptors (Lipinski definition) is 17. The third kappa shape index (κ3) is 8.09. The maximum Gasteiger partial charge on any atom is 0.408 e. The van der Waals surface area contributed by atoms with Gasteiger partial charge in [0.1, 0.15) is 54.9 Å². The van der Waals surface area contributed by atoms with Crippen molar-refractivity contribution in [2.75, 3.05) is 13.2 Å². The van der Waals surface area contributed by atoms with Crippen LogP contribution < -0.4 is 5.32 Å². The van der Waals surface area contributed by atoms with Crippen molar-refractivity contribution < 1.29 is 83.7 Å². The Balaban J connectivity index is 1.31. The van der Waals surface area contributed by atoms with E-state index in [1.807, 2.05) is 0 Å². The predicted octanol–water partition coefficient (Wildman–Crippen LogP) is 0.478. The minimum Gasteiger partial charge on any atom is -0.460 e. The van der Waals surface area contributed by atoms with E-state index in [9.17, 15) is 55.2 Å². The molecule has 1 aliphatic heterocycles. The quantitative estimate of drug-likeness (QED) is 0.0878. The SMILES string of the molecule is CC1=C2C(O)C(=O)[C@]3(C)C(OC(=O)COC4OC(CO)C(O)C(O)C4O)C[C@H]4CC[C@@]4(O)C3C(C)C(O)(CC1OC(=O)C(O)C(NC(=O)OC(C)(C)C)c1ccccc1)C2(C)C. The van der Waals surface area contributed by atoms with Crippen LogP contribution in [0.15, 0.2) is 41.5 Å². The molecule has 346 valence electrons. The van der Waals surface area contributed by atoms with Gasteiger partial charge >= 0.3 is 18.0 Å². The maximum atomic E-state index is 15.1. The number of amides is 1. The minimum absolute atomic E-state index is 0.0123. The van der Waals surface area contributed by atoms with Gasteiger partial charge in [0.25, 0.3) is 0 Å². The standard InChI is InChI=1S/C44H63NO17/c1-20-24(59-37(54)32(50)29(22-12-10-9-11-13-22)45-39(55)62-40(3,4)5)17-44(57)21(2)35-42(8,36(53)31(49)28(20)41(44,6)7)26(16-23-14-15-43(23,35)56)61-27(47)19-58-38-34(52)33(51)30(48)25(18-46)60-38/h9-13,21,23-26,29-35,38,46,48-52,56-57H,14-19H2,1-8H3,(H,45,55)/t21?,23-,24?,25?,26?,29?,30?,31?,32?,33?,34?,35?,38?,42-,43+,44?/m1/s1. The van der Waals surface area contributed by atoms with Gasteiger partial charge in [0.05, 0.1) is 29.3 Å². The van der Waals surface area contributed by atoms with Crippen molar-refractivity contribution in [2.24, 2.45) is 28.6 Å². The molecule has 18 nitrogen and oxygen atoms in total. The van der Waals surface area contributed by atoms with E-state index in [0.29, 0.717) is 12.0 Å².